The average Bonchev–Trinajstić information content (AvgIpc) is 3.24. The van der Waals surface area contributed by atoms with Crippen molar-refractivity contribution < 1.29 is 18.8 Å². The molecule has 0 atom stereocenters. The molecular weight excluding hydrogens is 260 g/mol. The molecule has 104 valence electrons. The van der Waals surface area contributed by atoms with Crippen LogP contribution in [0.4, 0.5) is 0 Å². The van der Waals surface area contributed by atoms with Crippen LogP contribution < -0.4 is 4.74 Å². The van der Waals surface area contributed by atoms with Crippen LogP contribution in [0.25, 0.3) is 0 Å². The summed E-state index contributed by atoms with van der Waals surface area (Å²) in [7, 11) is 1.35. The molecule has 0 saturated heterocycles. The first-order chi connectivity index (χ1) is 9.76. The smallest absolute Gasteiger partial charge is 0.337 e. The Kier molecular flexibility index (Phi) is 3.37. The zero-order valence-corrected chi connectivity index (χ0v) is 11.0. The minimum atomic E-state index is -0.373. The van der Waals surface area contributed by atoms with E-state index >= 15 is 0 Å². The maximum Gasteiger partial charge on any atom is 0.337 e. The Labute approximate surface area is 115 Å². The summed E-state index contributed by atoms with van der Waals surface area (Å²) in [6.45, 7) is 0.220. The number of benzene rings is 1. The molecule has 6 nitrogen and oxygen atoms in total. The van der Waals surface area contributed by atoms with E-state index in [0.717, 1.165) is 18.7 Å². The number of nitrogens with zero attached hydrogens (tertiary/aromatic N) is 2. The van der Waals surface area contributed by atoms with Crippen LogP contribution in [0.2, 0.25) is 0 Å². The second-order valence-electron chi connectivity index (χ2n) is 4.63. The lowest BCUT2D eigenvalue weighted by Gasteiger charge is -2.04. The monoisotopic (exact) mass is 274 g/mol. The molecule has 0 unspecified atom stereocenters. The zero-order valence-electron chi connectivity index (χ0n) is 11.0. The van der Waals surface area contributed by atoms with Gasteiger partial charge in [0.15, 0.2) is 12.4 Å². The third-order valence-corrected chi connectivity index (χ3v) is 3.06. The van der Waals surface area contributed by atoms with Crippen LogP contribution in [-0.2, 0) is 11.3 Å². The van der Waals surface area contributed by atoms with E-state index in [1.165, 1.54) is 7.11 Å². The van der Waals surface area contributed by atoms with Crippen molar-refractivity contribution in [1.29, 1.82) is 0 Å². The molecule has 2 aromatic rings. The van der Waals surface area contributed by atoms with Gasteiger partial charge in [-0.2, -0.15) is 4.98 Å². The Hall–Kier alpha value is -2.37. The molecule has 0 spiro atoms. The SMILES string of the molecule is COC(=O)c1ccc(OCc2nc(C3CC3)no2)cc1. The summed E-state index contributed by atoms with van der Waals surface area (Å²) in [5.74, 6) is 1.95. The van der Waals surface area contributed by atoms with Crippen molar-refractivity contribution in [1.82, 2.24) is 10.1 Å². The van der Waals surface area contributed by atoms with Crippen LogP contribution in [0.3, 0.4) is 0 Å². The van der Waals surface area contributed by atoms with E-state index in [4.69, 9.17) is 9.26 Å². The van der Waals surface area contributed by atoms with E-state index < -0.39 is 0 Å². The molecule has 0 aliphatic heterocycles. The third-order valence-electron chi connectivity index (χ3n) is 3.06. The van der Waals surface area contributed by atoms with Gasteiger partial charge in [0.2, 0.25) is 0 Å². The van der Waals surface area contributed by atoms with Gasteiger partial charge in [-0.3, -0.25) is 0 Å². The van der Waals surface area contributed by atoms with Gasteiger partial charge in [-0.1, -0.05) is 5.16 Å². The molecule has 0 N–H and O–H groups in total. The van der Waals surface area contributed by atoms with Crippen LogP contribution >= 0.6 is 0 Å². The van der Waals surface area contributed by atoms with Crippen molar-refractivity contribution in [3.8, 4) is 5.75 Å². The average molecular weight is 274 g/mol. The summed E-state index contributed by atoms with van der Waals surface area (Å²) in [6, 6.07) is 6.68. The van der Waals surface area contributed by atoms with Gasteiger partial charge in [0.05, 0.1) is 12.7 Å². The molecular formula is C14H14N2O4. The highest BCUT2D eigenvalue weighted by molar-refractivity contribution is 5.89. The predicted octanol–water partition coefficient (Wildman–Crippen LogP) is 2.31. The summed E-state index contributed by atoms with van der Waals surface area (Å²) < 4.78 is 15.3. The highest BCUT2D eigenvalue weighted by Gasteiger charge is 2.28. The summed E-state index contributed by atoms with van der Waals surface area (Å²) in [4.78, 5) is 15.5. The van der Waals surface area contributed by atoms with E-state index in [0.29, 0.717) is 23.1 Å². The number of hydrogen-bond acceptors (Lipinski definition) is 6. The third kappa shape index (κ3) is 2.79. The van der Waals surface area contributed by atoms with Crippen LogP contribution in [0, 0.1) is 0 Å². The molecule has 1 aliphatic carbocycles. The first-order valence-electron chi connectivity index (χ1n) is 6.40. The Morgan fingerprint density at radius 2 is 2.10 bits per heavy atom. The number of aromatic nitrogens is 2. The number of hydrogen-bond donors (Lipinski definition) is 0. The molecule has 20 heavy (non-hydrogen) atoms. The fourth-order valence-corrected chi connectivity index (χ4v) is 1.78. The number of esters is 1. The maximum absolute atomic E-state index is 11.3. The van der Waals surface area contributed by atoms with Crippen molar-refractivity contribution in [2.24, 2.45) is 0 Å². The van der Waals surface area contributed by atoms with Crippen molar-refractivity contribution in [3.05, 3.63) is 41.5 Å². The predicted molar refractivity (Wildman–Crippen MR) is 68.4 cm³/mol. The molecule has 1 aromatic carbocycles. The van der Waals surface area contributed by atoms with Crippen LogP contribution in [-0.4, -0.2) is 23.2 Å². The maximum atomic E-state index is 11.3. The Bertz CT molecular complexity index is 602. The number of methoxy groups -OCH3 is 1. The molecule has 0 bridgehead atoms. The minimum absolute atomic E-state index is 0.220. The first kappa shape index (κ1) is 12.7. The van der Waals surface area contributed by atoms with E-state index in [2.05, 4.69) is 14.9 Å². The van der Waals surface area contributed by atoms with Gasteiger partial charge < -0.3 is 14.0 Å². The van der Waals surface area contributed by atoms with Gasteiger partial charge in [0, 0.05) is 5.92 Å². The van der Waals surface area contributed by atoms with E-state index in [1.807, 2.05) is 0 Å². The molecule has 1 heterocycles. The lowest BCUT2D eigenvalue weighted by molar-refractivity contribution is 0.0600. The van der Waals surface area contributed by atoms with E-state index in [1.54, 1.807) is 24.3 Å². The second kappa shape index (κ2) is 5.32. The topological polar surface area (TPSA) is 74.5 Å². The number of rotatable bonds is 5. The molecule has 1 aliphatic rings. The van der Waals surface area contributed by atoms with Gasteiger partial charge in [0.25, 0.3) is 5.89 Å². The normalized spacial score (nSPS) is 14.1. The highest BCUT2D eigenvalue weighted by atomic mass is 16.5. The standard InChI is InChI=1S/C14H14N2O4/c1-18-14(17)10-4-6-11(7-5-10)19-8-12-15-13(16-20-12)9-2-3-9/h4-7,9H,2-3,8H2,1H3. The molecule has 1 fully saturated rings. The first-order valence-corrected chi connectivity index (χ1v) is 6.40. The summed E-state index contributed by atoms with van der Waals surface area (Å²) in [6.07, 6.45) is 2.27. The quantitative estimate of drug-likeness (QED) is 0.779. The summed E-state index contributed by atoms with van der Waals surface area (Å²) in [5.41, 5.74) is 0.480. The number of carbonyl (C=O) groups is 1. The Morgan fingerprint density at radius 1 is 1.35 bits per heavy atom. The molecule has 1 saturated carbocycles. The van der Waals surface area contributed by atoms with Crippen LogP contribution in [0.15, 0.2) is 28.8 Å². The molecule has 0 amide bonds. The van der Waals surface area contributed by atoms with Gasteiger partial charge in [-0.15, -0.1) is 0 Å². The molecule has 0 radical (unpaired) electrons. The van der Waals surface area contributed by atoms with E-state index in [9.17, 15) is 4.79 Å². The molecule has 6 heteroatoms. The van der Waals surface area contributed by atoms with Gasteiger partial charge in [-0.25, -0.2) is 4.79 Å². The lowest BCUT2D eigenvalue weighted by atomic mass is 10.2. The fourth-order valence-electron chi connectivity index (χ4n) is 1.78. The Morgan fingerprint density at radius 3 is 2.75 bits per heavy atom. The lowest BCUT2D eigenvalue weighted by Crippen LogP contribution is -2.01. The second-order valence-corrected chi connectivity index (χ2v) is 4.63. The summed E-state index contributed by atoms with van der Waals surface area (Å²) >= 11 is 0. The minimum Gasteiger partial charge on any atom is -0.484 e. The molecule has 1 aromatic heterocycles. The van der Waals surface area contributed by atoms with Crippen molar-refractivity contribution in [3.63, 3.8) is 0 Å². The van der Waals surface area contributed by atoms with Gasteiger partial charge >= 0.3 is 5.97 Å². The molecule has 3 rings (SSSR count). The van der Waals surface area contributed by atoms with Crippen LogP contribution in [0.1, 0.15) is 40.8 Å². The van der Waals surface area contributed by atoms with Gasteiger partial charge in [0.1, 0.15) is 5.75 Å². The fraction of sp³-hybridized carbons (Fsp3) is 0.357. The van der Waals surface area contributed by atoms with Crippen molar-refractivity contribution in [2.45, 2.75) is 25.4 Å². The van der Waals surface area contributed by atoms with E-state index in [-0.39, 0.29) is 12.6 Å². The highest BCUT2D eigenvalue weighted by Crippen LogP contribution is 2.38. The van der Waals surface area contributed by atoms with Crippen LogP contribution in [0.5, 0.6) is 5.75 Å². The number of ether oxygens (including phenoxy) is 2. The Balaban J connectivity index is 1.58. The number of carbonyl (C=O) groups excluding carboxylic acids is 1. The summed E-state index contributed by atoms with van der Waals surface area (Å²) in [5, 5.41) is 3.91. The zero-order chi connectivity index (χ0) is 13.9. The van der Waals surface area contributed by atoms with Gasteiger partial charge in [-0.05, 0) is 37.1 Å². The largest absolute Gasteiger partial charge is 0.484 e. The van der Waals surface area contributed by atoms with Crippen molar-refractivity contribution in [2.75, 3.05) is 7.11 Å². The van der Waals surface area contributed by atoms with Crippen molar-refractivity contribution >= 4 is 5.97 Å².